The average molecular weight is 320 g/mol. The van der Waals surface area contributed by atoms with Gasteiger partial charge < -0.3 is 14.8 Å². The number of esters is 1. The first kappa shape index (κ1) is 16.6. The molecule has 0 radical (unpaired) electrons. The third-order valence-electron chi connectivity index (χ3n) is 2.28. The lowest BCUT2D eigenvalue weighted by atomic mass is 10.3. The van der Waals surface area contributed by atoms with Crippen molar-refractivity contribution in [2.75, 3.05) is 13.2 Å². The van der Waals surface area contributed by atoms with E-state index in [0.717, 1.165) is 0 Å². The molecule has 0 spiro atoms. The lowest BCUT2D eigenvalue weighted by molar-refractivity contribution is -0.144. The lowest BCUT2D eigenvalue weighted by Gasteiger charge is -2.15. The van der Waals surface area contributed by atoms with Crippen LogP contribution in [0.25, 0.3) is 0 Å². The second-order valence-electron chi connectivity index (χ2n) is 3.86. The van der Waals surface area contributed by atoms with Crippen LogP contribution in [0.15, 0.2) is 18.2 Å². The minimum atomic E-state index is -0.803. The molecule has 0 saturated carbocycles. The maximum atomic E-state index is 11.7. The highest BCUT2D eigenvalue weighted by atomic mass is 35.5. The fourth-order valence-electron chi connectivity index (χ4n) is 1.33. The van der Waals surface area contributed by atoms with E-state index in [9.17, 15) is 9.59 Å². The van der Waals surface area contributed by atoms with Gasteiger partial charge in [-0.25, -0.2) is 0 Å². The van der Waals surface area contributed by atoms with Crippen LogP contribution >= 0.6 is 23.2 Å². The standard InChI is InChI=1S/C13H15Cl2NO4/c1-3-19-12(17)7-16-13(18)8(2)20-11-5-4-9(14)6-10(11)15/h4-6,8H,3,7H2,1-2H3,(H,16,18)/t8-/m1/s1. The second-order valence-corrected chi connectivity index (χ2v) is 4.70. The summed E-state index contributed by atoms with van der Waals surface area (Å²) in [5.41, 5.74) is 0. The molecule has 0 aliphatic rings. The number of hydrogen-bond acceptors (Lipinski definition) is 4. The molecule has 20 heavy (non-hydrogen) atoms. The molecular weight excluding hydrogens is 305 g/mol. The number of hydrogen-bond donors (Lipinski definition) is 1. The zero-order valence-corrected chi connectivity index (χ0v) is 12.6. The number of carbonyl (C=O) groups is 2. The van der Waals surface area contributed by atoms with Crippen LogP contribution in [0.4, 0.5) is 0 Å². The fourth-order valence-corrected chi connectivity index (χ4v) is 1.78. The van der Waals surface area contributed by atoms with E-state index in [-0.39, 0.29) is 13.2 Å². The molecule has 0 aromatic heterocycles. The van der Waals surface area contributed by atoms with Crippen LogP contribution < -0.4 is 10.1 Å². The smallest absolute Gasteiger partial charge is 0.325 e. The van der Waals surface area contributed by atoms with E-state index in [0.29, 0.717) is 15.8 Å². The molecule has 1 N–H and O–H groups in total. The molecule has 110 valence electrons. The van der Waals surface area contributed by atoms with Crippen molar-refractivity contribution in [3.8, 4) is 5.75 Å². The summed E-state index contributed by atoms with van der Waals surface area (Å²) < 4.78 is 10.1. The van der Waals surface area contributed by atoms with Gasteiger partial charge >= 0.3 is 5.97 Å². The molecule has 0 saturated heterocycles. The highest BCUT2D eigenvalue weighted by molar-refractivity contribution is 6.35. The SMILES string of the molecule is CCOC(=O)CNC(=O)[C@@H](C)Oc1ccc(Cl)cc1Cl. The molecule has 0 aliphatic carbocycles. The zero-order chi connectivity index (χ0) is 15.1. The normalized spacial score (nSPS) is 11.6. The Labute approximate surface area is 127 Å². The van der Waals surface area contributed by atoms with Crippen LogP contribution in [0, 0.1) is 0 Å². The summed E-state index contributed by atoms with van der Waals surface area (Å²) in [4.78, 5) is 22.8. The molecule has 0 bridgehead atoms. The summed E-state index contributed by atoms with van der Waals surface area (Å²) in [6.07, 6.45) is -0.803. The van der Waals surface area contributed by atoms with E-state index in [1.54, 1.807) is 26.0 Å². The number of amides is 1. The van der Waals surface area contributed by atoms with Gasteiger partial charge in [0, 0.05) is 5.02 Å². The van der Waals surface area contributed by atoms with Crippen LogP contribution in [0.1, 0.15) is 13.8 Å². The van der Waals surface area contributed by atoms with E-state index in [1.807, 2.05) is 0 Å². The van der Waals surface area contributed by atoms with E-state index in [1.165, 1.54) is 6.07 Å². The van der Waals surface area contributed by atoms with E-state index < -0.39 is 18.0 Å². The Bertz CT molecular complexity index is 493. The molecule has 0 unspecified atom stereocenters. The summed E-state index contributed by atoms with van der Waals surface area (Å²) in [6.45, 7) is 3.30. The first-order valence-corrected chi connectivity index (χ1v) is 6.74. The van der Waals surface area contributed by atoms with Gasteiger partial charge in [-0.1, -0.05) is 23.2 Å². The van der Waals surface area contributed by atoms with Crippen LogP contribution in [0.3, 0.4) is 0 Å². The Kier molecular flexibility index (Phi) is 6.61. The second kappa shape index (κ2) is 7.97. The average Bonchev–Trinajstić information content (AvgIpc) is 2.39. The minimum Gasteiger partial charge on any atom is -0.479 e. The van der Waals surface area contributed by atoms with Gasteiger partial charge in [0.25, 0.3) is 5.91 Å². The highest BCUT2D eigenvalue weighted by Gasteiger charge is 2.17. The fraction of sp³-hybridized carbons (Fsp3) is 0.385. The first-order chi connectivity index (χ1) is 9.43. The van der Waals surface area contributed by atoms with Crippen molar-refractivity contribution in [3.63, 3.8) is 0 Å². The van der Waals surface area contributed by atoms with Gasteiger partial charge in [0.1, 0.15) is 12.3 Å². The molecule has 1 aromatic rings. The Balaban J connectivity index is 2.51. The molecule has 0 heterocycles. The Morgan fingerprint density at radius 1 is 1.35 bits per heavy atom. The van der Waals surface area contributed by atoms with Crippen molar-refractivity contribution < 1.29 is 19.1 Å². The molecular formula is C13H15Cl2NO4. The summed E-state index contributed by atoms with van der Waals surface area (Å²) in [5, 5.41) is 3.19. The number of carbonyl (C=O) groups excluding carboxylic acids is 2. The van der Waals surface area contributed by atoms with Gasteiger partial charge in [-0.3, -0.25) is 9.59 Å². The maximum absolute atomic E-state index is 11.7. The molecule has 1 atom stereocenters. The Hall–Kier alpha value is -1.46. The number of ether oxygens (including phenoxy) is 2. The van der Waals surface area contributed by atoms with Crippen molar-refractivity contribution in [3.05, 3.63) is 28.2 Å². The van der Waals surface area contributed by atoms with Crippen molar-refractivity contribution >= 4 is 35.1 Å². The predicted octanol–water partition coefficient (Wildman–Crippen LogP) is 2.44. The number of rotatable bonds is 6. The van der Waals surface area contributed by atoms with Crippen molar-refractivity contribution in [2.45, 2.75) is 20.0 Å². The maximum Gasteiger partial charge on any atom is 0.325 e. The topological polar surface area (TPSA) is 64.6 Å². The molecule has 5 nitrogen and oxygen atoms in total. The van der Waals surface area contributed by atoms with Crippen molar-refractivity contribution in [1.29, 1.82) is 0 Å². The highest BCUT2D eigenvalue weighted by Crippen LogP contribution is 2.28. The quantitative estimate of drug-likeness (QED) is 0.818. The number of benzene rings is 1. The van der Waals surface area contributed by atoms with E-state index in [4.69, 9.17) is 32.7 Å². The molecule has 7 heteroatoms. The summed E-state index contributed by atoms with van der Waals surface area (Å²) >= 11 is 11.7. The molecule has 0 aliphatic heterocycles. The van der Waals surface area contributed by atoms with Crippen LogP contribution in [0.5, 0.6) is 5.75 Å². The van der Waals surface area contributed by atoms with Gasteiger partial charge in [0.15, 0.2) is 6.10 Å². The first-order valence-electron chi connectivity index (χ1n) is 5.99. The third kappa shape index (κ3) is 5.27. The summed E-state index contributed by atoms with van der Waals surface area (Å²) in [6, 6.07) is 4.69. The van der Waals surface area contributed by atoms with Crippen LogP contribution in [-0.2, 0) is 14.3 Å². The molecule has 0 fully saturated rings. The van der Waals surface area contributed by atoms with Gasteiger partial charge in [0.05, 0.1) is 11.6 Å². The Morgan fingerprint density at radius 2 is 2.05 bits per heavy atom. The third-order valence-corrected chi connectivity index (χ3v) is 2.81. The minimum absolute atomic E-state index is 0.200. The van der Waals surface area contributed by atoms with Gasteiger partial charge in [0.2, 0.25) is 0 Å². The summed E-state index contributed by atoms with van der Waals surface area (Å²) in [7, 11) is 0. The largest absolute Gasteiger partial charge is 0.479 e. The molecule has 1 rings (SSSR count). The van der Waals surface area contributed by atoms with Crippen molar-refractivity contribution in [2.24, 2.45) is 0 Å². The lowest BCUT2D eigenvalue weighted by Crippen LogP contribution is -2.39. The van der Waals surface area contributed by atoms with Crippen LogP contribution in [-0.4, -0.2) is 31.1 Å². The molecule has 1 aromatic carbocycles. The van der Waals surface area contributed by atoms with Gasteiger partial charge in [-0.15, -0.1) is 0 Å². The van der Waals surface area contributed by atoms with Gasteiger partial charge in [-0.2, -0.15) is 0 Å². The van der Waals surface area contributed by atoms with E-state index >= 15 is 0 Å². The molecule has 1 amide bonds. The van der Waals surface area contributed by atoms with Gasteiger partial charge in [-0.05, 0) is 32.0 Å². The van der Waals surface area contributed by atoms with Crippen LogP contribution in [0.2, 0.25) is 10.0 Å². The Morgan fingerprint density at radius 3 is 2.65 bits per heavy atom. The van der Waals surface area contributed by atoms with Crippen molar-refractivity contribution in [1.82, 2.24) is 5.32 Å². The summed E-state index contributed by atoms with van der Waals surface area (Å²) in [5.74, 6) is -0.600. The zero-order valence-electron chi connectivity index (χ0n) is 11.1. The number of halogens is 2. The van der Waals surface area contributed by atoms with E-state index in [2.05, 4.69) is 5.32 Å². The predicted molar refractivity (Wildman–Crippen MR) is 76.2 cm³/mol. The monoisotopic (exact) mass is 319 g/mol. The number of nitrogens with one attached hydrogen (secondary N) is 1.